The Balaban J connectivity index is 0. The van der Waals surface area contributed by atoms with Gasteiger partial charge in [-0.15, -0.1) is 0 Å². The summed E-state index contributed by atoms with van der Waals surface area (Å²) in [4.78, 5) is 8.98. The van der Waals surface area contributed by atoms with Crippen LogP contribution in [0, 0.1) is 0 Å². The van der Waals surface area contributed by atoms with Crippen molar-refractivity contribution in [3.8, 4) is 0 Å². The average molecular weight is 123 g/mol. The van der Waals surface area contributed by atoms with E-state index in [-0.39, 0.29) is 29.6 Å². The van der Waals surface area contributed by atoms with Crippen LogP contribution in [-0.4, -0.2) is 34.3 Å². The van der Waals surface area contributed by atoms with Crippen LogP contribution in [0.3, 0.4) is 0 Å². The van der Waals surface area contributed by atoms with Gasteiger partial charge in [-0.25, -0.2) is 0 Å². The van der Waals surface area contributed by atoms with Gasteiger partial charge in [-0.2, -0.15) is 0 Å². The second-order valence-electron chi connectivity index (χ2n) is 0.226. The van der Waals surface area contributed by atoms with Crippen LogP contribution in [0.15, 0.2) is 0 Å². The van der Waals surface area contributed by atoms with Crippen LogP contribution >= 0.6 is 23.2 Å². The Morgan fingerprint density at radius 1 is 1.40 bits per heavy atom. The van der Waals surface area contributed by atoms with Gasteiger partial charge in [0.05, 0.1) is 0 Å². The van der Waals surface area contributed by atoms with E-state index in [0.29, 0.717) is 0 Å². The van der Waals surface area contributed by atoms with E-state index in [4.69, 9.17) is 4.79 Å². The second kappa shape index (κ2) is 5.25. The van der Waals surface area contributed by atoms with Crippen LogP contribution in [0.2, 0.25) is 0 Å². The first-order chi connectivity index (χ1) is 1.73. The molecule has 0 aliphatic carbocycles. The predicted molar refractivity (Wildman–Crippen MR) is 24.3 cm³/mol. The fraction of sp³-hybridized carbons (Fsp3) is 0. The number of hydrogen-bond donors (Lipinski definition) is 0. The van der Waals surface area contributed by atoms with E-state index in [1.807, 2.05) is 0 Å². The molecule has 0 saturated carbocycles. The molecule has 0 saturated heterocycles. The number of hydrogen-bond acceptors (Lipinski definition) is 1. The zero-order valence-corrected chi connectivity index (χ0v) is 3.18. The van der Waals surface area contributed by atoms with Crippen molar-refractivity contribution in [1.82, 2.24) is 0 Å². The van der Waals surface area contributed by atoms with Crippen molar-refractivity contribution in [3.63, 3.8) is 0 Å². The van der Waals surface area contributed by atoms with Gasteiger partial charge in [0.2, 0.25) is 0 Å². The quantitative estimate of drug-likeness (QED) is 0.346. The molecule has 5 heavy (non-hydrogen) atoms. The molecule has 0 aromatic carbocycles. The SMILES string of the molecule is O=C(Cl)Cl.[NaH]. The van der Waals surface area contributed by atoms with Crippen molar-refractivity contribution in [2.24, 2.45) is 0 Å². The molecule has 26 valence electrons. The minimum absolute atomic E-state index is 0. The fourth-order valence-electron chi connectivity index (χ4n) is 0. The summed E-state index contributed by atoms with van der Waals surface area (Å²) in [6.45, 7) is 0. The Labute approximate surface area is 61.9 Å². The van der Waals surface area contributed by atoms with E-state index in [1.54, 1.807) is 0 Å². The van der Waals surface area contributed by atoms with Crippen LogP contribution in [0.5, 0.6) is 0 Å². The van der Waals surface area contributed by atoms with Crippen molar-refractivity contribution in [1.29, 1.82) is 0 Å². The number of rotatable bonds is 0. The zero-order chi connectivity index (χ0) is 3.58. The van der Waals surface area contributed by atoms with Crippen LogP contribution < -0.4 is 0 Å². The Morgan fingerprint density at radius 2 is 1.40 bits per heavy atom. The van der Waals surface area contributed by atoms with E-state index in [2.05, 4.69) is 23.2 Å². The molecular formula is CHCl2NaO. The molecule has 0 spiro atoms. The average Bonchev–Trinajstić information content (AvgIpc) is 0.811. The first-order valence-electron chi connectivity index (χ1n) is 0.582. The monoisotopic (exact) mass is 122 g/mol. The molecule has 0 aromatic heterocycles. The van der Waals surface area contributed by atoms with Gasteiger partial charge in [-0.05, 0) is 23.2 Å². The Kier molecular flexibility index (Phi) is 10.0. The normalized spacial score (nSPS) is 5.20. The standard InChI is InChI=1S/CCl2O.Na.H/c2-1(3)4;;. The molecule has 4 heteroatoms. The first-order valence-corrected chi connectivity index (χ1v) is 1.34. The molecule has 0 unspecified atom stereocenters. The van der Waals surface area contributed by atoms with Crippen LogP contribution in [-0.2, 0) is 0 Å². The van der Waals surface area contributed by atoms with Gasteiger partial charge in [0, 0.05) is 0 Å². The summed E-state index contributed by atoms with van der Waals surface area (Å²) in [5.74, 6) is 0. The molecule has 0 N–H and O–H groups in total. The fourth-order valence-corrected chi connectivity index (χ4v) is 0. The van der Waals surface area contributed by atoms with Gasteiger partial charge < -0.3 is 0 Å². The molecule has 0 radical (unpaired) electrons. The van der Waals surface area contributed by atoms with Crippen molar-refractivity contribution >= 4 is 57.5 Å². The van der Waals surface area contributed by atoms with Gasteiger partial charge >= 0.3 is 34.3 Å². The molecule has 1 nitrogen and oxygen atoms in total. The molecular weight excluding hydrogens is 122 g/mol. The number of carbonyl (C=O) groups excluding carboxylic acids is 1. The van der Waals surface area contributed by atoms with Crippen molar-refractivity contribution in [3.05, 3.63) is 0 Å². The predicted octanol–water partition coefficient (Wildman–Crippen LogP) is 0.935. The Morgan fingerprint density at radius 3 is 1.40 bits per heavy atom. The summed E-state index contributed by atoms with van der Waals surface area (Å²) in [5, 5.41) is 0. The van der Waals surface area contributed by atoms with Crippen molar-refractivity contribution in [2.45, 2.75) is 0 Å². The summed E-state index contributed by atoms with van der Waals surface area (Å²) < 4.78 is -0.889. The number of carbonyl (C=O) groups is 1. The molecule has 0 aliphatic heterocycles. The topological polar surface area (TPSA) is 17.1 Å². The van der Waals surface area contributed by atoms with Gasteiger partial charge in [-0.3, -0.25) is 4.79 Å². The van der Waals surface area contributed by atoms with Gasteiger partial charge in [-0.1, -0.05) is 0 Å². The maximum absolute atomic E-state index is 8.98. The third-order valence-corrected chi connectivity index (χ3v) is 0. The van der Waals surface area contributed by atoms with Gasteiger partial charge in [0.1, 0.15) is 0 Å². The molecule has 0 aliphatic rings. The summed E-state index contributed by atoms with van der Waals surface area (Å²) in [5.41, 5.74) is 0. The van der Waals surface area contributed by atoms with Crippen molar-refractivity contribution in [2.75, 3.05) is 0 Å². The minimum atomic E-state index is -0.889. The van der Waals surface area contributed by atoms with E-state index >= 15 is 0 Å². The van der Waals surface area contributed by atoms with E-state index in [1.165, 1.54) is 0 Å². The Hall–Kier alpha value is 1.25. The molecule has 0 heterocycles. The third-order valence-electron chi connectivity index (χ3n) is 0. The maximum atomic E-state index is 8.98. The first kappa shape index (κ1) is 9.54. The Bertz CT molecular complexity index is 32.6. The summed E-state index contributed by atoms with van der Waals surface area (Å²) in [7, 11) is 0. The third kappa shape index (κ3) is 35.5. The molecule has 0 rings (SSSR count). The van der Waals surface area contributed by atoms with Crippen LogP contribution in [0.1, 0.15) is 0 Å². The number of halogens is 2. The van der Waals surface area contributed by atoms with Crippen LogP contribution in [0.25, 0.3) is 0 Å². The summed E-state index contributed by atoms with van der Waals surface area (Å²) >= 11 is 8.80. The van der Waals surface area contributed by atoms with Crippen LogP contribution in [0.4, 0.5) is 4.79 Å². The molecule has 0 fully saturated rings. The summed E-state index contributed by atoms with van der Waals surface area (Å²) in [6, 6.07) is 0. The molecule has 0 atom stereocenters. The molecule has 0 bridgehead atoms. The van der Waals surface area contributed by atoms with E-state index < -0.39 is 4.70 Å². The molecule has 0 aromatic rings. The van der Waals surface area contributed by atoms with E-state index in [9.17, 15) is 0 Å². The van der Waals surface area contributed by atoms with E-state index in [0.717, 1.165) is 0 Å². The molecule has 0 amide bonds. The zero-order valence-electron chi connectivity index (χ0n) is 1.66. The van der Waals surface area contributed by atoms with Crippen molar-refractivity contribution < 1.29 is 4.79 Å². The second-order valence-corrected chi connectivity index (χ2v) is 1.11. The van der Waals surface area contributed by atoms with Gasteiger partial charge in [0.25, 0.3) is 0 Å². The summed E-state index contributed by atoms with van der Waals surface area (Å²) in [6.07, 6.45) is 0. The van der Waals surface area contributed by atoms with Gasteiger partial charge in [0.15, 0.2) is 0 Å².